The normalized spacial score (nSPS) is 25.1. The maximum Gasteiger partial charge on any atom is 0.224 e. The molecule has 6 heteroatoms. The lowest BCUT2D eigenvalue weighted by Gasteiger charge is -2.32. The highest BCUT2D eigenvalue weighted by Crippen LogP contribution is 2.20. The molecule has 1 aromatic rings. The first-order chi connectivity index (χ1) is 11.5. The monoisotopic (exact) mass is 333 g/mol. The molecule has 0 saturated carbocycles. The van der Waals surface area contributed by atoms with Crippen molar-refractivity contribution in [3.05, 3.63) is 35.6 Å². The van der Waals surface area contributed by atoms with Crippen molar-refractivity contribution >= 4 is 11.8 Å². The fourth-order valence-electron chi connectivity index (χ4n) is 3.59. The summed E-state index contributed by atoms with van der Waals surface area (Å²) in [6, 6.07) is 6.53. The topological polar surface area (TPSA) is 52.7 Å². The minimum atomic E-state index is -0.228. The summed E-state index contributed by atoms with van der Waals surface area (Å²) in [6.07, 6.45) is 2.21. The van der Waals surface area contributed by atoms with Crippen molar-refractivity contribution in [2.24, 2.45) is 5.92 Å². The summed E-state index contributed by atoms with van der Waals surface area (Å²) in [5.41, 5.74) is 0.930. The van der Waals surface area contributed by atoms with Crippen LogP contribution in [0.2, 0.25) is 0 Å². The average Bonchev–Trinajstić information content (AvgIpc) is 2.85. The second-order valence-corrected chi connectivity index (χ2v) is 6.89. The summed E-state index contributed by atoms with van der Waals surface area (Å²) in [4.78, 5) is 27.9. The van der Waals surface area contributed by atoms with Crippen LogP contribution in [0, 0.1) is 11.7 Å². The number of rotatable bonds is 4. The van der Waals surface area contributed by atoms with Crippen molar-refractivity contribution in [2.75, 3.05) is 26.7 Å². The third-order valence-electron chi connectivity index (χ3n) is 4.86. The quantitative estimate of drug-likeness (QED) is 0.906. The number of nitrogens with one attached hydrogen (secondary N) is 1. The minimum Gasteiger partial charge on any atom is -0.351 e. The molecule has 0 bridgehead atoms. The summed E-state index contributed by atoms with van der Waals surface area (Å²) in [6.45, 7) is 2.85. The van der Waals surface area contributed by atoms with Gasteiger partial charge in [0.25, 0.3) is 0 Å². The Balaban J connectivity index is 1.53. The largest absolute Gasteiger partial charge is 0.351 e. The van der Waals surface area contributed by atoms with E-state index in [-0.39, 0.29) is 29.6 Å². The van der Waals surface area contributed by atoms with E-state index in [0.717, 1.165) is 24.9 Å². The number of benzene rings is 1. The number of likely N-dealkylation sites (tertiary alicyclic amines) is 2. The van der Waals surface area contributed by atoms with Crippen molar-refractivity contribution < 1.29 is 14.0 Å². The fourth-order valence-corrected chi connectivity index (χ4v) is 3.59. The molecule has 1 aromatic carbocycles. The van der Waals surface area contributed by atoms with Crippen LogP contribution in [0.15, 0.2) is 24.3 Å². The lowest BCUT2D eigenvalue weighted by atomic mass is 9.96. The predicted molar refractivity (Wildman–Crippen MR) is 88.6 cm³/mol. The first kappa shape index (κ1) is 16.9. The molecule has 130 valence electrons. The third-order valence-corrected chi connectivity index (χ3v) is 4.86. The minimum absolute atomic E-state index is 0.0343. The lowest BCUT2D eigenvalue weighted by Crippen LogP contribution is -2.46. The van der Waals surface area contributed by atoms with Crippen molar-refractivity contribution in [1.29, 1.82) is 0 Å². The molecule has 2 aliphatic heterocycles. The first-order valence-electron chi connectivity index (χ1n) is 8.52. The zero-order valence-corrected chi connectivity index (χ0v) is 14.0. The van der Waals surface area contributed by atoms with Gasteiger partial charge in [-0.05, 0) is 37.1 Å². The summed E-state index contributed by atoms with van der Waals surface area (Å²) in [5, 5.41) is 3.01. The van der Waals surface area contributed by atoms with Crippen LogP contribution in [-0.4, -0.2) is 54.3 Å². The Hall–Kier alpha value is -1.95. The number of nitrogens with zero attached hydrogens (tertiary/aromatic N) is 2. The molecular formula is C18H24FN3O2. The van der Waals surface area contributed by atoms with Gasteiger partial charge in [0.1, 0.15) is 5.82 Å². The summed E-state index contributed by atoms with van der Waals surface area (Å²) < 4.78 is 13.3. The highest BCUT2D eigenvalue weighted by Gasteiger charge is 2.31. The molecule has 2 aliphatic rings. The van der Waals surface area contributed by atoms with Gasteiger partial charge >= 0.3 is 0 Å². The molecule has 2 amide bonds. The number of carbonyl (C=O) groups excluding carboxylic acids is 2. The Bertz CT molecular complexity index is 622. The average molecular weight is 333 g/mol. The van der Waals surface area contributed by atoms with E-state index in [1.54, 1.807) is 24.1 Å². The van der Waals surface area contributed by atoms with Gasteiger partial charge in [-0.3, -0.25) is 14.5 Å². The number of hydrogen-bond donors (Lipinski definition) is 1. The van der Waals surface area contributed by atoms with E-state index in [1.165, 1.54) is 6.07 Å². The Morgan fingerprint density at radius 1 is 1.38 bits per heavy atom. The highest BCUT2D eigenvalue weighted by molar-refractivity contribution is 5.83. The molecule has 3 rings (SSSR count). The molecule has 0 aromatic heterocycles. The maximum absolute atomic E-state index is 13.3. The van der Waals surface area contributed by atoms with Crippen LogP contribution in [0.3, 0.4) is 0 Å². The molecule has 2 atom stereocenters. The second-order valence-electron chi connectivity index (χ2n) is 6.89. The van der Waals surface area contributed by atoms with Gasteiger partial charge in [-0.1, -0.05) is 12.1 Å². The van der Waals surface area contributed by atoms with Gasteiger partial charge in [-0.25, -0.2) is 4.39 Å². The summed E-state index contributed by atoms with van der Waals surface area (Å²) >= 11 is 0. The molecule has 0 aliphatic carbocycles. The molecular weight excluding hydrogens is 309 g/mol. The Morgan fingerprint density at radius 3 is 2.92 bits per heavy atom. The standard InChI is InChI=1S/C18H24FN3O2/c1-21-12-16(9-17(21)23)20-18(24)14-5-3-7-22(11-14)10-13-4-2-6-15(19)8-13/h2,4,6,8,14,16H,3,5,7,9-12H2,1H3,(H,20,24)/t14-,16+/m0/s1. The highest BCUT2D eigenvalue weighted by atomic mass is 19.1. The molecule has 2 saturated heterocycles. The van der Waals surface area contributed by atoms with Crippen LogP contribution in [0.25, 0.3) is 0 Å². The van der Waals surface area contributed by atoms with Crippen molar-refractivity contribution in [1.82, 2.24) is 15.1 Å². The van der Waals surface area contributed by atoms with Gasteiger partial charge < -0.3 is 10.2 Å². The van der Waals surface area contributed by atoms with Crippen molar-refractivity contribution in [3.63, 3.8) is 0 Å². The molecule has 2 fully saturated rings. The number of halogens is 1. The molecule has 0 unspecified atom stereocenters. The summed E-state index contributed by atoms with van der Waals surface area (Å²) in [7, 11) is 1.76. The van der Waals surface area contributed by atoms with Crippen LogP contribution < -0.4 is 5.32 Å². The molecule has 1 N–H and O–H groups in total. The van der Waals surface area contributed by atoms with E-state index >= 15 is 0 Å². The van der Waals surface area contributed by atoms with E-state index in [0.29, 0.717) is 26.1 Å². The van der Waals surface area contributed by atoms with E-state index < -0.39 is 0 Å². The number of amides is 2. The number of carbonyl (C=O) groups is 2. The Labute approximate surface area is 141 Å². The maximum atomic E-state index is 13.3. The molecule has 5 nitrogen and oxygen atoms in total. The first-order valence-corrected chi connectivity index (χ1v) is 8.52. The van der Waals surface area contributed by atoms with Gasteiger partial charge in [-0.2, -0.15) is 0 Å². The van der Waals surface area contributed by atoms with Gasteiger partial charge in [-0.15, -0.1) is 0 Å². The fraction of sp³-hybridized carbons (Fsp3) is 0.556. The zero-order chi connectivity index (χ0) is 17.1. The Kier molecular flexibility index (Phi) is 5.14. The van der Waals surface area contributed by atoms with Gasteiger partial charge in [0.2, 0.25) is 11.8 Å². The van der Waals surface area contributed by atoms with Gasteiger partial charge in [0, 0.05) is 33.1 Å². The molecule has 0 spiro atoms. The van der Waals surface area contributed by atoms with Crippen LogP contribution in [0.5, 0.6) is 0 Å². The predicted octanol–water partition coefficient (Wildman–Crippen LogP) is 1.38. The number of likely N-dealkylation sites (N-methyl/N-ethyl adjacent to an activating group) is 1. The van der Waals surface area contributed by atoms with Crippen molar-refractivity contribution in [3.8, 4) is 0 Å². The van der Waals surface area contributed by atoms with E-state index in [2.05, 4.69) is 10.2 Å². The lowest BCUT2D eigenvalue weighted by molar-refractivity contribution is -0.127. The number of piperidine rings is 1. The van der Waals surface area contributed by atoms with Crippen molar-refractivity contribution in [2.45, 2.75) is 31.8 Å². The SMILES string of the molecule is CN1C[C@H](NC(=O)[C@H]2CCCN(Cc3cccc(F)c3)C2)CC1=O. The van der Waals surface area contributed by atoms with E-state index in [9.17, 15) is 14.0 Å². The zero-order valence-electron chi connectivity index (χ0n) is 14.0. The van der Waals surface area contributed by atoms with Crippen LogP contribution >= 0.6 is 0 Å². The molecule has 2 heterocycles. The second kappa shape index (κ2) is 7.30. The Morgan fingerprint density at radius 2 is 2.21 bits per heavy atom. The van der Waals surface area contributed by atoms with Crippen LogP contribution in [-0.2, 0) is 16.1 Å². The smallest absolute Gasteiger partial charge is 0.224 e. The number of hydrogen-bond acceptors (Lipinski definition) is 3. The van der Waals surface area contributed by atoms with E-state index in [1.807, 2.05) is 6.07 Å². The van der Waals surface area contributed by atoms with E-state index in [4.69, 9.17) is 0 Å². The van der Waals surface area contributed by atoms with Crippen LogP contribution in [0.1, 0.15) is 24.8 Å². The third kappa shape index (κ3) is 4.12. The molecule has 24 heavy (non-hydrogen) atoms. The van der Waals surface area contributed by atoms with Gasteiger partial charge in [0.15, 0.2) is 0 Å². The molecule has 0 radical (unpaired) electrons. The summed E-state index contributed by atoms with van der Waals surface area (Å²) in [5.74, 6) is -0.175. The van der Waals surface area contributed by atoms with Gasteiger partial charge in [0.05, 0.1) is 12.0 Å². The van der Waals surface area contributed by atoms with Crippen LogP contribution in [0.4, 0.5) is 4.39 Å².